The number of aryl methyl sites for hydroxylation is 2. The molecule has 0 unspecified atom stereocenters. The SMILES string of the molecule is Cc1cccc(C)c1N1C(=O)[C@H]2[C@@H](CC=C[C@H]2c2cc(C(F)(F)F)cc(C(F)(F)F)c2)C1=O. The Morgan fingerprint density at radius 3 is 1.91 bits per heavy atom. The molecule has 2 amide bonds. The fraction of sp³-hybridized carbons (Fsp3) is 0.333. The van der Waals surface area contributed by atoms with Crippen molar-refractivity contribution < 1.29 is 35.9 Å². The van der Waals surface area contributed by atoms with Gasteiger partial charge in [0.25, 0.3) is 0 Å². The second-order valence-corrected chi connectivity index (χ2v) is 8.41. The topological polar surface area (TPSA) is 37.4 Å². The van der Waals surface area contributed by atoms with Crippen molar-refractivity contribution in [1.29, 1.82) is 0 Å². The summed E-state index contributed by atoms with van der Waals surface area (Å²) in [5.41, 5.74) is -1.47. The van der Waals surface area contributed by atoms with Crippen LogP contribution in [0.15, 0.2) is 48.6 Å². The highest BCUT2D eigenvalue weighted by Crippen LogP contribution is 2.47. The minimum Gasteiger partial charge on any atom is -0.274 e. The fourth-order valence-corrected chi connectivity index (χ4v) is 4.76. The molecule has 0 aromatic heterocycles. The monoisotopic (exact) mass is 467 g/mol. The molecule has 0 saturated carbocycles. The average molecular weight is 467 g/mol. The summed E-state index contributed by atoms with van der Waals surface area (Å²) in [4.78, 5) is 27.7. The van der Waals surface area contributed by atoms with Crippen LogP contribution >= 0.6 is 0 Å². The van der Waals surface area contributed by atoms with Gasteiger partial charge in [0.1, 0.15) is 0 Å². The Bertz CT molecular complexity index is 1110. The average Bonchev–Trinajstić information content (AvgIpc) is 2.97. The zero-order chi connectivity index (χ0) is 24.3. The standard InChI is InChI=1S/C24H19F6NO2/c1-12-5-3-6-13(2)20(12)31-21(32)18-8-4-7-17(19(18)22(31)33)14-9-15(23(25,26)27)11-16(10-14)24(28,29)30/h3-7,9-11,17-19H,8H2,1-2H3/t17-,18+,19+/m0/s1. The highest BCUT2D eigenvalue weighted by Gasteiger charge is 2.53. The number of nitrogens with zero attached hydrogens (tertiary/aromatic N) is 1. The van der Waals surface area contributed by atoms with Crippen LogP contribution in [0.5, 0.6) is 0 Å². The zero-order valence-electron chi connectivity index (χ0n) is 17.6. The van der Waals surface area contributed by atoms with Crippen LogP contribution < -0.4 is 4.90 Å². The highest BCUT2D eigenvalue weighted by molar-refractivity contribution is 6.23. The molecule has 9 heteroatoms. The van der Waals surface area contributed by atoms with E-state index in [-0.39, 0.29) is 18.1 Å². The highest BCUT2D eigenvalue weighted by atomic mass is 19.4. The summed E-state index contributed by atoms with van der Waals surface area (Å²) in [5.74, 6) is -4.18. The van der Waals surface area contributed by atoms with E-state index in [0.717, 1.165) is 4.90 Å². The first kappa shape index (κ1) is 23.1. The van der Waals surface area contributed by atoms with Crippen LogP contribution in [-0.4, -0.2) is 11.8 Å². The largest absolute Gasteiger partial charge is 0.416 e. The van der Waals surface area contributed by atoms with E-state index in [9.17, 15) is 35.9 Å². The number of allylic oxidation sites excluding steroid dienone is 2. The number of para-hydroxylation sites is 1. The molecule has 174 valence electrons. The van der Waals surface area contributed by atoms with Crippen molar-refractivity contribution in [3.05, 3.63) is 76.4 Å². The number of alkyl halides is 6. The number of hydrogen-bond donors (Lipinski definition) is 0. The van der Waals surface area contributed by atoms with E-state index in [1.165, 1.54) is 6.08 Å². The molecule has 0 radical (unpaired) electrons. The Labute approximate surface area is 185 Å². The van der Waals surface area contributed by atoms with Gasteiger partial charge < -0.3 is 0 Å². The quantitative estimate of drug-likeness (QED) is 0.300. The predicted octanol–water partition coefficient (Wildman–Crippen LogP) is 6.19. The molecular formula is C24H19F6NO2. The van der Waals surface area contributed by atoms with E-state index >= 15 is 0 Å². The first-order valence-corrected chi connectivity index (χ1v) is 10.2. The summed E-state index contributed by atoms with van der Waals surface area (Å²) >= 11 is 0. The summed E-state index contributed by atoms with van der Waals surface area (Å²) < 4.78 is 80.2. The minimum atomic E-state index is -5.01. The molecule has 2 aromatic carbocycles. The van der Waals surface area contributed by atoms with Crippen LogP contribution in [0.25, 0.3) is 0 Å². The molecular weight excluding hydrogens is 448 g/mol. The number of benzene rings is 2. The third-order valence-corrected chi connectivity index (χ3v) is 6.25. The second kappa shape index (κ2) is 7.74. The molecule has 2 aliphatic rings. The number of carbonyl (C=O) groups is 2. The smallest absolute Gasteiger partial charge is 0.274 e. The molecule has 4 rings (SSSR count). The molecule has 1 saturated heterocycles. The van der Waals surface area contributed by atoms with Crippen LogP contribution in [-0.2, 0) is 21.9 Å². The van der Waals surface area contributed by atoms with E-state index in [0.29, 0.717) is 28.9 Å². The van der Waals surface area contributed by atoms with E-state index < -0.39 is 53.0 Å². The first-order chi connectivity index (χ1) is 15.3. The predicted molar refractivity (Wildman–Crippen MR) is 108 cm³/mol. The molecule has 3 nitrogen and oxygen atoms in total. The molecule has 1 aliphatic carbocycles. The molecule has 1 heterocycles. The summed E-state index contributed by atoms with van der Waals surface area (Å²) in [6.45, 7) is 3.45. The van der Waals surface area contributed by atoms with Gasteiger partial charge in [0.15, 0.2) is 0 Å². The molecule has 1 fully saturated rings. The van der Waals surface area contributed by atoms with Gasteiger partial charge in [-0.25, -0.2) is 4.90 Å². The maximum absolute atomic E-state index is 13.4. The number of carbonyl (C=O) groups excluding carboxylic acids is 2. The van der Waals surface area contributed by atoms with Crippen molar-refractivity contribution in [2.75, 3.05) is 4.90 Å². The van der Waals surface area contributed by atoms with E-state index in [1.54, 1.807) is 38.1 Å². The number of imide groups is 1. The molecule has 0 spiro atoms. The maximum atomic E-state index is 13.4. The Hall–Kier alpha value is -3.10. The second-order valence-electron chi connectivity index (χ2n) is 8.41. The van der Waals surface area contributed by atoms with Crippen molar-refractivity contribution in [3.8, 4) is 0 Å². The summed E-state index contributed by atoms with van der Waals surface area (Å²) in [5, 5.41) is 0. The lowest BCUT2D eigenvalue weighted by Gasteiger charge is -2.28. The number of rotatable bonds is 2. The van der Waals surface area contributed by atoms with Gasteiger partial charge in [-0.3, -0.25) is 9.59 Å². The first-order valence-electron chi connectivity index (χ1n) is 10.2. The van der Waals surface area contributed by atoms with Gasteiger partial charge in [0.05, 0.1) is 28.7 Å². The summed E-state index contributed by atoms with van der Waals surface area (Å²) in [6, 6.07) is 6.53. The van der Waals surface area contributed by atoms with Crippen LogP contribution in [0.2, 0.25) is 0 Å². The molecule has 3 atom stereocenters. The van der Waals surface area contributed by atoms with Crippen molar-refractivity contribution in [2.24, 2.45) is 11.8 Å². The van der Waals surface area contributed by atoms with E-state index in [2.05, 4.69) is 0 Å². The molecule has 33 heavy (non-hydrogen) atoms. The van der Waals surface area contributed by atoms with Crippen molar-refractivity contribution in [1.82, 2.24) is 0 Å². The van der Waals surface area contributed by atoms with Crippen molar-refractivity contribution in [3.63, 3.8) is 0 Å². The fourth-order valence-electron chi connectivity index (χ4n) is 4.76. The van der Waals surface area contributed by atoms with Gasteiger partial charge in [-0.1, -0.05) is 30.4 Å². The van der Waals surface area contributed by atoms with Gasteiger partial charge in [-0.15, -0.1) is 0 Å². The molecule has 0 bridgehead atoms. The summed E-state index contributed by atoms with van der Waals surface area (Å²) in [6.07, 6.45) is -6.87. The van der Waals surface area contributed by atoms with E-state index in [1.807, 2.05) is 0 Å². The Morgan fingerprint density at radius 2 is 1.39 bits per heavy atom. The number of amides is 2. The van der Waals surface area contributed by atoms with Crippen molar-refractivity contribution >= 4 is 17.5 Å². The zero-order valence-corrected chi connectivity index (χ0v) is 17.6. The van der Waals surface area contributed by atoms with Gasteiger partial charge in [0, 0.05) is 5.92 Å². The Morgan fingerprint density at radius 1 is 0.848 bits per heavy atom. The number of hydrogen-bond acceptors (Lipinski definition) is 2. The number of anilines is 1. The Balaban J connectivity index is 1.83. The van der Waals surface area contributed by atoms with Crippen LogP contribution in [0.3, 0.4) is 0 Å². The van der Waals surface area contributed by atoms with Gasteiger partial charge in [-0.2, -0.15) is 26.3 Å². The lowest BCUT2D eigenvalue weighted by molar-refractivity contribution is -0.143. The lowest BCUT2D eigenvalue weighted by atomic mass is 9.74. The molecule has 2 aromatic rings. The minimum absolute atomic E-state index is 0.0537. The van der Waals surface area contributed by atoms with Crippen LogP contribution in [0.1, 0.15) is 40.2 Å². The Kier molecular flexibility index (Phi) is 5.41. The molecule has 1 aliphatic heterocycles. The summed E-state index contributed by atoms with van der Waals surface area (Å²) in [7, 11) is 0. The van der Waals surface area contributed by atoms with Crippen molar-refractivity contribution in [2.45, 2.75) is 38.5 Å². The number of halogens is 6. The molecule has 0 N–H and O–H groups in total. The van der Waals surface area contributed by atoms with Gasteiger partial charge in [-0.05, 0) is 55.2 Å². The van der Waals surface area contributed by atoms with Crippen LogP contribution in [0.4, 0.5) is 32.0 Å². The lowest BCUT2D eigenvalue weighted by Crippen LogP contribution is -2.33. The third-order valence-electron chi connectivity index (χ3n) is 6.25. The van der Waals surface area contributed by atoms with Gasteiger partial charge in [0.2, 0.25) is 11.8 Å². The van der Waals surface area contributed by atoms with Crippen LogP contribution in [0, 0.1) is 25.7 Å². The van der Waals surface area contributed by atoms with E-state index in [4.69, 9.17) is 0 Å². The number of fused-ring (bicyclic) bond motifs is 1. The third kappa shape index (κ3) is 3.94. The normalized spacial score (nSPS) is 23.3. The van der Waals surface area contributed by atoms with Gasteiger partial charge >= 0.3 is 12.4 Å². The maximum Gasteiger partial charge on any atom is 0.416 e.